The molecule has 2 aliphatic rings. The van der Waals surface area contributed by atoms with Crippen molar-refractivity contribution in [2.45, 2.75) is 38.0 Å². The van der Waals surface area contributed by atoms with Crippen molar-refractivity contribution in [1.82, 2.24) is 9.80 Å². The monoisotopic (exact) mass is 508 g/mol. The molecule has 5 rings (SSSR count). The van der Waals surface area contributed by atoms with Crippen LogP contribution in [0.3, 0.4) is 0 Å². The van der Waals surface area contributed by atoms with Gasteiger partial charge in [0.1, 0.15) is 12.6 Å². The van der Waals surface area contributed by atoms with Gasteiger partial charge >= 0.3 is 6.09 Å². The lowest BCUT2D eigenvalue weighted by Gasteiger charge is -2.34. The average molecular weight is 509 g/mol. The van der Waals surface area contributed by atoms with Gasteiger partial charge in [0.15, 0.2) is 0 Å². The number of rotatable bonds is 5. The maximum absolute atomic E-state index is 13.4. The van der Waals surface area contributed by atoms with Crippen molar-refractivity contribution in [3.63, 3.8) is 0 Å². The molecule has 2 saturated heterocycles. The largest absolute Gasteiger partial charge is 0.445 e. The Bertz CT molecular complexity index is 1130. The van der Waals surface area contributed by atoms with Gasteiger partial charge in [0, 0.05) is 19.5 Å². The number of carbonyl (C=O) groups is 2. The van der Waals surface area contributed by atoms with Crippen LogP contribution >= 0.6 is 22.7 Å². The highest BCUT2D eigenvalue weighted by molar-refractivity contribution is 7.08. The molecule has 0 saturated carbocycles. The van der Waals surface area contributed by atoms with Crippen LogP contribution in [0.1, 0.15) is 36.0 Å². The number of hydrogen-bond donors (Lipinski definition) is 1. The summed E-state index contributed by atoms with van der Waals surface area (Å²) in [6.45, 7) is 1.46. The van der Waals surface area contributed by atoms with E-state index in [1.165, 1.54) is 27.2 Å². The van der Waals surface area contributed by atoms with Crippen molar-refractivity contribution in [3.05, 3.63) is 86.2 Å². The van der Waals surface area contributed by atoms with Gasteiger partial charge in [0.05, 0.1) is 12.6 Å². The fourth-order valence-electron chi connectivity index (χ4n) is 4.90. The Kier molecular flexibility index (Phi) is 7.32. The molecule has 2 atom stereocenters. The number of hydrogen-bond acceptors (Lipinski definition) is 6. The summed E-state index contributed by atoms with van der Waals surface area (Å²) in [7, 11) is 0. The van der Waals surface area contributed by atoms with Gasteiger partial charge in [0.2, 0.25) is 5.91 Å². The molecule has 2 aromatic heterocycles. The van der Waals surface area contributed by atoms with E-state index >= 15 is 0 Å². The number of nitrogens with zero attached hydrogens (tertiary/aromatic N) is 2. The Morgan fingerprint density at radius 2 is 1.63 bits per heavy atom. The third-order valence-corrected chi connectivity index (χ3v) is 8.02. The number of aliphatic hydroxyl groups excluding tert-OH is 1. The fraction of sp³-hybridized carbons (Fsp3) is 0.333. The van der Waals surface area contributed by atoms with E-state index in [0.29, 0.717) is 13.1 Å². The van der Waals surface area contributed by atoms with Crippen LogP contribution in [0, 0.1) is 0 Å². The molecule has 0 radical (unpaired) electrons. The van der Waals surface area contributed by atoms with Gasteiger partial charge in [-0.25, -0.2) is 4.79 Å². The highest BCUT2D eigenvalue weighted by Gasteiger charge is 2.42. The van der Waals surface area contributed by atoms with Crippen molar-refractivity contribution in [1.29, 1.82) is 0 Å². The molecule has 2 fully saturated rings. The Balaban J connectivity index is 1.25. The molecule has 2 amide bonds. The molecule has 8 heteroatoms. The first-order chi connectivity index (χ1) is 17.1. The van der Waals surface area contributed by atoms with Crippen LogP contribution in [0.25, 0.3) is 5.57 Å². The number of thiophene rings is 2. The molecule has 0 spiro atoms. The molecule has 4 heterocycles. The van der Waals surface area contributed by atoms with Crippen LogP contribution in [0.2, 0.25) is 0 Å². The fourth-order valence-corrected chi connectivity index (χ4v) is 6.19. The number of β-amino-alcohol motifs (C(OH)–C–C–N with tert-alkyl or cyclic N) is 1. The summed E-state index contributed by atoms with van der Waals surface area (Å²) >= 11 is 3.38. The zero-order valence-corrected chi connectivity index (χ0v) is 21.0. The molecule has 0 aliphatic carbocycles. The van der Waals surface area contributed by atoms with Crippen LogP contribution in [0.5, 0.6) is 0 Å². The first kappa shape index (κ1) is 23.8. The number of piperidine rings is 1. The smallest absolute Gasteiger partial charge is 0.410 e. The summed E-state index contributed by atoms with van der Waals surface area (Å²) in [5, 5.41) is 18.8. The summed E-state index contributed by atoms with van der Waals surface area (Å²) in [6, 6.07) is 13.1. The second-order valence-electron chi connectivity index (χ2n) is 8.93. The molecule has 1 aromatic carbocycles. The molecule has 3 aromatic rings. The first-order valence-electron chi connectivity index (χ1n) is 11.8. The van der Waals surface area contributed by atoms with E-state index in [4.69, 9.17) is 4.74 Å². The number of aliphatic hydroxyl groups is 1. The Morgan fingerprint density at radius 1 is 0.971 bits per heavy atom. The predicted molar refractivity (Wildman–Crippen MR) is 138 cm³/mol. The number of carbonyl (C=O) groups excluding carboxylic acids is 2. The van der Waals surface area contributed by atoms with E-state index in [2.05, 4.69) is 33.7 Å². The lowest BCUT2D eigenvalue weighted by Crippen LogP contribution is -2.49. The number of likely N-dealkylation sites (tertiary alicyclic amines) is 2. The summed E-state index contributed by atoms with van der Waals surface area (Å²) in [5.74, 6) is -0.107. The van der Waals surface area contributed by atoms with Crippen molar-refractivity contribution >= 4 is 40.2 Å². The second kappa shape index (κ2) is 10.8. The van der Waals surface area contributed by atoms with E-state index in [1.807, 2.05) is 35.2 Å². The van der Waals surface area contributed by atoms with Crippen molar-refractivity contribution in [3.8, 4) is 0 Å². The third-order valence-electron chi connectivity index (χ3n) is 6.66. The van der Waals surface area contributed by atoms with Crippen LogP contribution in [-0.4, -0.2) is 58.7 Å². The van der Waals surface area contributed by atoms with Gasteiger partial charge in [-0.2, -0.15) is 22.7 Å². The van der Waals surface area contributed by atoms with Crippen LogP contribution in [-0.2, 0) is 16.1 Å². The third kappa shape index (κ3) is 5.34. The number of amides is 2. The van der Waals surface area contributed by atoms with Gasteiger partial charge in [-0.15, -0.1) is 0 Å². The molecule has 2 aliphatic heterocycles. The van der Waals surface area contributed by atoms with Gasteiger partial charge in [-0.1, -0.05) is 35.9 Å². The molecule has 6 nitrogen and oxygen atoms in total. The van der Waals surface area contributed by atoms with Gasteiger partial charge in [0.25, 0.3) is 0 Å². The van der Waals surface area contributed by atoms with Crippen molar-refractivity contribution in [2.24, 2.45) is 0 Å². The molecule has 2 unspecified atom stereocenters. The van der Waals surface area contributed by atoms with Gasteiger partial charge in [-0.05, 0) is 68.8 Å². The second-order valence-corrected chi connectivity index (χ2v) is 10.5. The van der Waals surface area contributed by atoms with Gasteiger partial charge in [-0.3, -0.25) is 9.69 Å². The molecule has 1 N–H and O–H groups in total. The van der Waals surface area contributed by atoms with Crippen LogP contribution < -0.4 is 0 Å². The first-order valence-corrected chi connectivity index (χ1v) is 13.7. The molecule has 182 valence electrons. The normalized spacial score (nSPS) is 20.2. The lowest BCUT2D eigenvalue weighted by atomic mass is 9.90. The Morgan fingerprint density at radius 3 is 2.23 bits per heavy atom. The quantitative estimate of drug-likeness (QED) is 0.526. The zero-order valence-electron chi connectivity index (χ0n) is 19.3. The molecule has 35 heavy (non-hydrogen) atoms. The minimum atomic E-state index is -0.725. The number of benzene rings is 1. The summed E-state index contributed by atoms with van der Waals surface area (Å²) in [6.07, 6.45) is 0.546. The van der Waals surface area contributed by atoms with E-state index in [0.717, 1.165) is 18.4 Å². The Labute approximate surface area is 213 Å². The number of ether oxygens (including phenoxy) is 1. The maximum atomic E-state index is 13.4. The minimum absolute atomic E-state index is 0.107. The Hall–Kier alpha value is -2.94. The van der Waals surface area contributed by atoms with Gasteiger partial charge < -0.3 is 14.7 Å². The summed E-state index contributed by atoms with van der Waals surface area (Å²) in [5.41, 5.74) is 5.98. The van der Waals surface area contributed by atoms with E-state index < -0.39 is 18.2 Å². The van der Waals surface area contributed by atoms with Crippen molar-refractivity contribution in [2.75, 3.05) is 19.6 Å². The van der Waals surface area contributed by atoms with Crippen molar-refractivity contribution < 1.29 is 19.4 Å². The standard InChI is InChI=1S/C27H28N2O4S2/c30-23-14-24(29(15-23)27(32)33-16-19-4-2-1-3-5-19)26(31)28-10-6-20(7-11-28)25(21-8-12-34-17-21)22-9-13-35-18-22/h1-5,8-9,12-13,17-18,23-24,30H,6-7,10-11,14-16H2. The maximum Gasteiger partial charge on any atom is 0.410 e. The summed E-state index contributed by atoms with van der Waals surface area (Å²) < 4.78 is 5.46. The molecular weight excluding hydrogens is 480 g/mol. The lowest BCUT2D eigenvalue weighted by molar-refractivity contribution is -0.136. The average Bonchev–Trinajstić information content (AvgIpc) is 3.67. The SMILES string of the molecule is O=C(C1CC(O)CN1C(=O)OCc1ccccc1)N1CCC(=C(c2ccsc2)c2ccsc2)CC1. The molecular formula is C27H28N2O4S2. The van der Waals surface area contributed by atoms with Crippen LogP contribution in [0.4, 0.5) is 4.79 Å². The zero-order chi connectivity index (χ0) is 24.2. The molecule has 0 bridgehead atoms. The van der Waals surface area contributed by atoms with E-state index in [1.54, 1.807) is 22.7 Å². The predicted octanol–water partition coefficient (Wildman–Crippen LogP) is 5.01. The minimum Gasteiger partial charge on any atom is -0.445 e. The van der Waals surface area contributed by atoms with Crippen LogP contribution in [0.15, 0.2) is 69.6 Å². The van der Waals surface area contributed by atoms with E-state index in [9.17, 15) is 14.7 Å². The highest BCUT2D eigenvalue weighted by Crippen LogP contribution is 2.35. The highest BCUT2D eigenvalue weighted by atomic mass is 32.1. The summed E-state index contributed by atoms with van der Waals surface area (Å²) in [4.78, 5) is 29.4. The topological polar surface area (TPSA) is 70.1 Å². The van der Waals surface area contributed by atoms with E-state index in [-0.39, 0.29) is 25.5 Å².